The third-order valence-corrected chi connectivity index (χ3v) is 7.94. The van der Waals surface area contributed by atoms with Gasteiger partial charge in [-0.2, -0.15) is 5.26 Å². The molecule has 0 aromatic heterocycles. The average molecular weight is 518 g/mol. The van der Waals surface area contributed by atoms with Crippen molar-refractivity contribution in [2.75, 3.05) is 49.1 Å². The highest BCUT2D eigenvalue weighted by Crippen LogP contribution is 2.40. The predicted octanol–water partition coefficient (Wildman–Crippen LogP) is 3.14. The number of nitrogens with zero attached hydrogens (tertiary/aromatic N) is 5. The Labute approximate surface area is 221 Å². The minimum Gasteiger partial charge on any atom is -0.466 e. The molecule has 0 N–H and O–H groups in total. The van der Waals surface area contributed by atoms with Crippen LogP contribution in [0.3, 0.4) is 0 Å². The van der Waals surface area contributed by atoms with E-state index in [0.717, 1.165) is 23.4 Å². The van der Waals surface area contributed by atoms with E-state index in [1.54, 1.807) is 30.0 Å². The Morgan fingerprint density at radius 3 is 2.71 bits per heavy atom. The first-order valence-electron chi connectivity index (χ1n) is 13.1. The number of piperazine rings is 1. The Hall–Kier alpha value is -4.13. The van der Waals surface area contributed by atoms with Crippen molar-refractivity contribution in [2.45, 2.75) is 32.2 Å². The minimum atomic E-state index is -0.442. The summed E-state index contributed by atoms with van der Waals surface area (Å²) in [6, 6.07) is 14.5. The Morgan fingerprint density at radius 1 is 1.13 bits per heavy atom. The number of nitro groups is 1. The third kappa shape index (κ3) is 4.76. The molecule has 0 bridgehead atoms. The zero-order valence-corrected chi connectivity index (χ0v) is 21.4. The molecule has 1 amide bonds. The van der Waals surface area contributed by atoms with Crippen LogP contribution in [-0.4, -0.2) is 67.1 Å². The molecule has 3 aliphatic rings. The number of hydrogen-bond donors (Lipinski definition) is 0. The van der Waals surface area contributed by atoms with E-state index in [4.69, 9.17) is 4.74 Å². The number of para-hydroxylation sites is 1. The van der Waals surface area contributed by atoms with E-state index < -0.39 is 10.8 Å². The number of benzene rings is 2. The second-order valence-electron chi connectivity index (χ2n) is 10.1. The molecule has 2 aromatic carbocycles. The number of likely N-dealkylation sites (tertiary alicyclic amines) is 1. The van der Waals surface area contributed by atoms with Gasteiger partial charge in [0, 0.05) is 50.5 Å². The maximum atomic E-state index is 14.1. The molecular weight excluding hydrogens is 486 g/mol. The van der Waals surface area contributed by atoms with Crippen molar-refractivity contribution in [3.05, 3.63) is 63.7 Å². The van der Waals surface area contributed by atoms with Gasteiger partial charge in [-0.3, -0.25) is 19.7 Å². The average Bonchev–Trinajstić information content (AvgIpc) is 2.95. The van der Waals surface area contributed by atoms with Crippen LogP contribution in [0.15, 0.2) is 42.5 Å². The summed E-state index contributed by atoms with van der Waals surface area (Å²) in [6.45, 7) is 4.78. The lowest BCUT2D eigenvalue weighted by atomic mass is 9.82. The zero-order chi connectivity index (χ0) is 26.8. The number of anilines is 2. The SMILES string of the molecule is CCOC(=O)[C@@H]1CCCN(C(=O)[C@H]2Cc3cc([N+](=O)[O-])ccc3N3CCN(c4ccccc4C#N)C[C@@H]23)C1. The number of esters is 1. The normalized spacial score (nSPS) is 22.6. The molecule has 38 heavy (non-hydrogen) atoms. The van der Waals surface area contributed by atoms with Crippen molar-refractivity contribution in [2.24, 2.45) is 11.8 Å². The summed E-state index contributed by atoms with van der Waals surface area (Å²) in [7, 11) is 0. The molecule has 3 heterocycles. The highest BCUT2D eigenvalue weighted by Gasteiger charge is 2.44. The molecule has 0 spiro atoms. The van der Waals surface area contributed by atoms with Crippen molar-refractivity contribution in [1.29, 1.82) is 5.26 Å². The van der Waals surface area contributed by atoms with E-state index in [-0.39, 0.29) is 29.5 Å². The third-order valence-electron chi connectivity index (χ3n) is 7.94. The lowest BCUT2D eigenvalue weighted by Gasteiger charge is -2.50. The lowest BCUT2D eigenvalue weighted by Crippen LogP contribution is -2.62. The molecule has 3 aliphatic heterocycles. The van der Waals surface area contributed by atoms with E-state index in [9.17, 15) is 25.0 Å². The van der Waals surface area contributed by atoms with Crippen LogP contribution >= 0.6 is 0 Å². The molecule has 10 heteroatoms. The summed E-state index contributed by atoms with van der Waals surface area (Å²) in [6.07, 6.45) is 1.79. The van der Waals surface area contributed by atoms with Crippen LogP contribution < -0.4 is 9.80 Å². The first kappa shape index (κ1) is 25.5. The molecule has 0 saturated carbocycles. The number of ether oxygens (including phenoxy) is 1. The maximum Gasteiger partial charge on any atom is 0.310 e. The van der Waals surface area contributed by atoms with Crippen molar-refractivity contribution >= 4 is 28.9 Å². The lowest BCUT2D eigenvalue weighted by molar-refractivity contribution is -0.384. The van der Waals surface area contributed by atoms with Crippen LogP contribution in [0.5, 0.6) is 0 Å². The molecular formula is C28H31N5O5. The molecule has 3 atom stereocenters. The number of hydrogen-bond acceptors (Lipinski definition) is 8. The number of carbonyl (C=O) groups excluding carboxylic acids is 2. The number of rotatable bonds is 5. The van der Waals surface area contributed by atoms with Gasteiger partial charge >= 0.3 is 5.97 Å². The maximum absolute atomic E-state index is 14.1. The summed E-state index contributed by atoms with van der Waals surface area (Å²) >= 11 is 0. The first-order valence-corrected chi connectivity index (χ1v) is 13.1. The fraction of sp³-hybridized carbons (Fsp3) is 0.464. The van der Waals surface area contributed by atoms with Crippen LogP contribution in [0.4, 0.5) is 17.1 Å². The number of carbonyl (C=O) groups is 2. The van der Waals surface area contributed by atoms with Crippen LogP contribution in [0.25, 0.3) is 0 Å². The number of nitriles is 1. The Kier molecular flexibility index (Phi) is 7.18. The summed E-state index contributed by atoms with van der Waals surface area (Å²) in [5.74, 6) is -1.09. The quantitative estimate of drug-likeness (QED) is 0.337. The van der Waals surface area contributed by atoms with Gasteiger partial charge in [-0.15, -0.1) is 0 Å². The number of fused-ring (bicyclic) bond motifs is 3. The van der Waals surface area contributed by atoms with E-state index in [1.165, 1.54) is 6.07 Å². The zero-order valence-electron chi connectivity index (χ0n) is 21.4. The molecule has 198 valence electrons. The van der Waals surface area contributed by atoms with Gasteiger partial charge in [0.05, 0.1) is 40.7 Å². The van der Waals surface area contributed by atoms with E-state index in [2.05, 4.69) is 15.9 Å². The topological polar surface area (TPSA) is 120 Å². The molecule has 10 nitrogen and oxygen atoms in total. The predicted molar refractivity (Wildman–Crippen MR) is 141 cm³/mol. The number of piperidine rings is 1. The van der Waals surface area contributed by atoms with E-state index >= 15 is 0 Å². The molecule has 0 aliphatic carbocycles. The Morgan fingerprint density at radius 2 is 1.95 bits per heavy atom. The van der Waals surface area contributed by atoms with Crippen LogP contribution in [-0.2, 0) is 20.7 Å². The van der Waals surface area contributed by atoms with Gasteiger partial charge in [0.25, 0.3) is 5.69 Å². The summed E-state index contributed by atoms with van der Waals surface area (Å²) < 4.78 is 5.23. The summed E-state index contributed by atoms with van der Waals surface area (Å²) in [5, 5.41) is 21.1. The van der Waals surface area contributed by atoms with Gasteiger partial charge in [0.15, 0.2) is 0 Å². The van der Waals surface area contributed by atoms with E-state index in [1.807, 2.05) is 18.2 Å². The standard InChI is InChI=1S/C28H31N5O5/c1-2-38-28(35)20-7-5-11-31(17-20)27(34)23-15-21-14-22(33(36)37)9-10-25(21)32-13-12-30(18-26(23)32)24-8-4-3-6-19(24)16-29/h3-4,6,8-10,14,20,23,26H,2,5,7,11-13,15,17-18H2,1H3/t20-,23+,26+/m1/s1. The van der Waals surface area contributed by atoms with Gasteiger partial charge in [-0.1, -0.05) is 12.1 Å². The molecule has 2 saturated heterocycles. The van der Waals surface area contributed by atoms with Gasteiger partial charge in [-0.05, 0) is 49.9 Å². The molecule has 0 radical (unpaired) electrons. The van der Waals surface area contributed by atoms with Crippen LogP contribution in [0.2, 0.25) is 0 Å². The Bertz CT molecular complexity index is 1290. The van der Waals surface area contributed by atoms with Crippen LogP contribution in [0, 0.1) is 33.3 Å². The molecule has 2 fully saturated rings. The Balaban J connectivity index is 1.47. The molecule has 2 aromatic rings. The highest BCUT2D eigenvalue weighted by molar-refractivity contribution is 5.84. The largest absolute Gasteiger partial charge is 0.466 e. The van der Waals surface area contributed by atoms with Crippen molar-refractivity contribution in [3.8, 4) is 6.07 Å². The minimum absolute atomic E-state index is 0.00956. The van der Waals surface area contributed by atoms with Gasteiger partial charge in [-0.25, -0.2) is 0 Å². The highest BCUT2D eigenvalue weighted by atomic mass is 16.6. The summed E-state index contributed by atoms with van der Waals surface area (Å²) in [4.78, 5) is 43.7. The van der Waals surface area contributed by atoms with Crippen LogP contribution in [0.1, 0.15) is 30.9 Å². The second kappa shape index (κ2) is 10.7. The number of non-ortho nitro benzene ring substituents is 1. The van der Waals surface area contributed by atoms with E-state index in [0.29, 0.717) is 57.7 Å². The number of nitro benzene ring substituents is 1. The monoisotopic (exact) mass is 517 g/mol. The van der Waals surface area contributed by atoms with Gasteiger partial charge in [0.2, 0.25) is 5.91 Å². The van der Waals surface area contributed by atoms with Gasteiger partial charge in [0.1, 0.15) is 6.07 Å². The van der Waals surface area contributed by atoms with Crippen molar-refractivity contribution in [3.63, 3.8) is 0 Å². The van der Waals surface area contributed by atoms with Crippen molar-refractivity contribution < 1.29 is 19.2 Å². The second-order valence-corrected chi connectivity index (χ2v) is 10.1. The number of amides is 1. The smallest absolute Gasteiger partial charge is 0.310 e. The molecule has 0 unspecified atom stereocenters. The summed E-state index contributed by atoms with van der Waals surface area (Å²) in [5.41, 5.74) is 3.15. The van der Waals surface area contributed by atoms with Crippen molar-refractivity contribution in [1.82, 2.24) is 4.90 Å². The first-order chi connectivity index (χ1) is 18.4. The fourth-order valence-electron chi connectivity index (χ4n) is 6.13. The fourth-order valence-corrected chi connectivity index (χ4v) is 6.13. The molecule has 5 rings (SSSR count). The van der Waals surface area contributed by atoms with Gasteiger partial charge < -0.3 is 19.4 Å².